The fourth-order valence-corrected chi connectivity index (χ4v) is 2.79. The van der Waals surface area contributed by atoms with Crippen LogP contribution in [0, 0.1) is 6.92 Å². The molecule has 1 unspecified atom stereocenters. The highest BCUT2D eigenvalue weighted by molar-refractivity contribution is 7.11. The molecule has 2 aromatic heterocycles. The Kier molecular flexibility index (Phi) is 5.50. The first-order valence-corrected chi connectivity index (χ1v) is 8.24. The number of aromatic nitrogens is 3. The molecule has 0 amide bonds. The van der Waals surface area contributed by atoms with Gasteiger partial charge >= 0.3 is 0 Å². The Balaban J connectivity index is 2.08. The smallest absolute Gasteiger partial charge is 0.224 e. The Morgan fingerprint density at radius 3 is 2.76 bits per heavy atom. The molecule has 114 valence electrons. The molecule has 0 aliphatic rings. The highest BCUT2D eigenvalue weighted by Crippen LogP contribution is 2.23. The molecule has 2 aromatic rings. The standard InChI is InChI=1S/C15H23N5S/c1-5-7-16-15-18-10(3)8-13(20-15)19-11(4)14-17-9-12(6-2)21-14/h8-9,11H,5-7H2,1-4H3,(H2,16,18,19,20). The van der Waals surface area contributed by atoms with E-state index in [0.717, 1.165) is 35.9 Å². The van der Waals surface area contributed by atoms with Crippen molar-refractivity contribution in [1.82, 2.24) is 15.0 Å². The van der Waals surface area contributed by atoms with Crippen LogP contribution in [0.3, 0.4) is 0 Å². The van der Waals surface area contributed by atoms with Gasteiger partial charge in [0.15, 0.2) is 0 Å². The Hall–Kier alpha value is -1.69. The van der Waals surface area contributed by atoms with Crippen LogP contribution in [-0.4, -0.2) is 21.5 Å². The maximum atomic E-state index is 4.51. The third-order valence-electron chi connectivity index (χ3n) is 3.04. The summed E-state index contributed by atoms with van der Waals surface area (Å²) in [5, 5.41) is 7.73. The molecule has 0 aliphatic heterocycles. The summed E-state index contributed by atoms with van der Waals surface area (Å²) in [6.07, 6.45) is 4.04. The fraction of sp³-hybridized carbons (Fsp3) is 0.533. The summed E-state index contributed by atoms with van der Waals surface area (Å²) in [7, 11) is 0. The van der Waals surface area contributed by atoms with Crippen molar-refractivity contribution >= 4 is 23.1 Å². The molecular weight excluding hydrogens is 282 g/mol. The average Bonchev–Trinajstić information content (AvgIpc) is 2.93. The number of aryl methyl sites for hydroxylation is 2. The molecule has 2 N–H and O–H groups in total. The van der Waals surface area contributed by atoms with E-state index in [4.69, 9.17) is 0 Å². The molecule has 5 nitrogen and oxygen atoms in total. The minimum absolute atomic E-state index is 0.142. The number of hydrogen-bond acceptors (Lipinski definition) is 6. The Bertz CT molecular complexity index is 581. The number of hydrogen-bond donors (Lipinski definition) is 2. The van der Waals surface area contributed by atoms with Crippen LogP contribution in [0.1, 0.15) is 48.8 Å². The number of anilines is 2. The molecule has 6 heteroatoms. The first-order valence-electron chi connectivity index (χ1n) is 7.43. The van der Waals surface area contributed by atoms with Crippen LogP contribution >= 0.6 is 11.3 Å². The van der Waals surface area contributed by atoms with Gasteiger partial charge in [0.1, 0.15) is 10.8 Å². The van der Waals surface area contributed by atoms with Crippen molar-refractivity contribution in [3.8, 4) is 0 Å². The third kappa shape index (κ3) is 4.39. The summed E-state index contributed by atoms with van der Waals surface area (Å²) < 4.78 is 0. The van der Waals surface area contributed by atoms with E-state index in [1.54, 1.807) is 11.3 Å². The van der Waals surface area contributed by atoms with Gasteiger partial charge in [0.2, 0.25) is 5.95 Å². The summed E-state index contributed by atoms with van der Waals surface area (Å²) in [6, 6.07) is 2.10. The molecule has 0 bridgehead atoms. The summed E-state index contributed by atoms with van der Waals surface area (Å²) in [5.41, 5.74) is 0.951. The van der Waals surface area contributed by atoms with E-state index in [2.05, 4.69) is 46.4 Å². The van der Waals surface area contributed by atoms with Gasteiger partial charge in [-0.2, -0.15) is 4.98 Å². The van der Waals surface area contributed by atoms with E-state index in [1.807, 2.05) is 19.2 Å². The van der Waals surface area contributed by atoms with Crippen molar-refractivity contribution in [2.45, 2.75) is 46.6 Å². The Morgan fingerprint density at radius 2 is 2.10 bits per heavy atom. The van der Waals surface area contributed by atoms with Crippen LogP contribution in [0.4, 0.5) is 11.8 Å². The van der Waals surface area contributed by atoms with Gasteiger partial charge in [0, 0.05) is 29.4 Å². The van der Waals surface area contributed by atoms with Crippen LogP contribution in [0.2, 0.25) is 0 Å². The van der Waals surface area contributed by atoms with Gasteiger partial charge in [0.25, 0.3) is 0 Å². The summed E-state index contributed by atoms with van der Waals surface area (Å²) in [4.78, 5) is 14.7. The fourth-order valence-electron chi connectivity index (χ4n) is 1.93. The van der Waals surface area contributed by atoms with Crippen molar-refractivity contribution in [1.29, 1.82) is 0 Å². The van der Waals surface area contributed by atoms with E-state index in [0.29, 0.717) is 5.95 Å². The summed E-state index contributed by atoms with van der Waals surface area (Å²) in [5.74, 6) is 1.52. The van der Waals surface area contributed by atoms with Gasteiger partial charge in [-0.1, -0.05) is 13.8 Å². The molecule has 0 spiro atoms. The zero-order chi connectivity index (χ0) is 15.2. The second-order valence-corrected chi connectivity index (χ2v) is 6.18. The molecule has 2 rings (SSSR count). The SMILES string of the molecule is CCCNc1nc(C)cc(NC(C)c2ncc(CC)s2)n1. The van der Waals surface area contributed by atoms with Gasteiger partial charge in [-0.3, -0.25) is 0 Å². The lowest BCUT2D eigenvalue weighted by atomic mass is 10.3. The van der Waals surface area contributed by atoms with E-state index in [-0.39, 0.29) is 6.04 Å². The highest BCUT2D eigenvalue weighted by Gasteiger charge is 2.11. The largest absolute Gasteiger partial charge is 0.361 e. The van der Waals surface area contributed by atoms with Gasteiger partial charge in [-0.15, -0.1) is 11.3 Å². The van der Waals surface area contributed by atoms with E-state index < -0.39 is 0 Å². The van der Waals surface area contributed by atoms with Crippen LogP contribution in [-0.2, 0) is 6.42 Å². The second-order valence-electron chi connectivity index (χ2n) is 5.03. The molecule has 0 aromatic carbocycles. The first-order chi connectivity index (χ1) is 10.1. The predicted molar refractivity (Wildman–Crippen MR) is 89.1 cm³/mol. The molecule has 0 aliphatic carbocycles. The van der Waals surface area contributed by atoms with Gasteiger partial charge in [-0.25, -0.2) is 9.97 Å². The van der Waals surface area contributed by atoms with E-state index >= 15 is 0 Å². The predicted octanol–water partition coefficient (Wildman–Crippen LogP) is 3.80. The maximum Gasteiger partial charge on any atom is 0.224 e. The minimum Gasteiger partial charge on any atom is -0.361 e. The van der Waals surface area contributed by atoms with Gasteiger partial charge in [-0.05, 0) is 26.7 Å². The number of nitrogens with one attached hydrogen (secondary N) is 2. The van der Waals surface area contributed by atoms with Gasteiger partial charge in [0.05, 0.1) is 6.04 Å². The molecule has 0 saturated heterocycles. The number of nitrogens with zero attached hydrogens (tertiary/aromatic N) is 3. The van der Waals surface area contributed by atoms with Crippen molar-refractivity contribution in [2.75, 3.05) is 17.2 Å². The lowest BCUT2D eigenvalue weighted by Crippen LogP contribution is -2.11. The summed E-state index contributed by atoms with van der Waals surface area (Å²) in [6.45, 7) is 9.24. The summed E-state index contributed by atoms with van der Waals surface area (Å²) >= 11 is 1.75. The monoisotopic (exact) mass is 305 g/mol. The van der Waals surface area contributed by atoms with Crippen molar-refractivity contribution in [2.24, 2.45) is 0 Å². The van der Waals surface area contributed by atoms with Crippen LogP contribution in [0.15, 0.2) is 12.3 Å². The lowest BCUT2D eigenvalue weighted by Gasteiger charge is -2.13. The number of rotatable bonds is 7. The van der Waals surface area contributed by atoms with Crippen LogP contribution < -0.4 is 10.6 Å². The van der Waals surface area contributed by atoms with Crippen molar-refractivity contribution < 1.29 is 0 Å². The Labute approximate surface area is 130 Å². The average molecular weight is 305 g/mol. The zero-order valence-electron chi connectivity index (χ0n) is 13.1. The van der Waals surface area contributed by atoms with Gasteiger partial charge < -0.3 is 10.6 Å². The number of thiazole rings is 1. The van der Waals surface area contributed by atoms with E-state index in [1.165, 1.54) is 4.88 Å². The molecule has 0 fully saturated rings. The maximum absolute atomic E-state index is 4.51. The lowest BCUT2D eigenvalue weighted by molar-refractivity contribution is 0.855. The van der Waals surface area contributed by atoms with E-state index in [9.17, 15) is 0 Å². The molecule has 0 radical (unpaired) electrons. The molecule has 1 atom stereocenters. The molecular formula is C15H23N5S. The molecule has 0 saturated carbocycles. The zero-order valence-corrected chi connectivity index (χ0v) is 13.9. The minimum atomic E-state index is 0.142. The van der Waals surface area contributed by atoms with Crippen molar-refractivity contribution in [3.63, 3.8) is 0 Å². The highest BCUT2D eigenvalue weighted by atomic mass is 32.1. The molecule has 2 heterocycles. The van der Waals surface area contributed by atoms with Crippen molar-refractivity contribution in [3.05, 3.63) is 27.8 Å². The second kappa shape index (κ2) is 7.36. The van der Waals surface area contributed by atoms with Crippen LogP contribution in [0.25, 0.3) is 0 Å². The quantitative estimate of drug-likeness (QED) is 0.814. The first kappa shape index (κ1) is 15.7. The Morgan fingerprint density at radius 1 is 1.29 bits per heavy atom. The van der Waals surface area contributed by atoms with Crippen LogP contribution in [0.5, 0.6) is 0 Å². The normalized spacial score (nSPS) is 12.2. The third-order valence-corrected chi connectivity index (χ3v) is 4.37. The molecule has 21 heavy (non-hydrogen) atoms. The topological polar surface area (TPSA) is 62.7 Å².